The third kappa shape index (κ3) is 6.61. The quantitative estimate of drug-likeness (QED) is 0.154. The molecule has 0 radical (unpaired) electrons. The van der Waals surface area contributed by atoms with Gasteiger partial charge in [0.25, 0.3) is 0 Å². The Kier molecular flexibility index (Phi) is 8.57. The molecule has 0 amide bonds. The molecule has 0 fully saturated rings. The molecule has 0 spiro atoms. The highest BCUT2D eigenvalue weighted by molar-refractivity contribution is 6.30. The SMILES string of the molecule is O=C(C1c2cccc(Oc3ncc(Cl)cn3)c2C1CCC(F)(F)F)C1c2cccc(Oc3ncc(Cl)cn3)c2C1CCC(F)(F)F. The van der Waals surface area contributed by atoms with E-state index in [1.54, 1.807) is 24.3 Å². The van der Waals surface area contributed by atoms with Crippen LogP contribution in [0.3, 0.4) is 0 Å². The van der Waals surface area contributed by atoms with Crippen molar-refractivity contribution in [1.29, 1.82) is 0 Å². The number of rotatable bonds is 10. The molecule has 2 aromatic heterocycles. The highest BCUT2D eigenvalue weighted by Crippen LogP contribution is 2.61. The minimum atomic E-state index is -4.51. The van der Waals surface area contributed by atoms with Crippen LogP contribution in [0.5, 0.6) is 23.5 Å². The molecule has 0 aliphatic heterocycles. The third-order valence-corrected chi connectivity index (χ3v) is 8.49. The lowest BCUT2D eigenvalue weighted by Crippen LogP contribution is -2.40. The summed E-state index contributed by atoms with van der Waals surface area (Å²) in [6.07, 6.45) is -7.07. The third-order valence-electron chi connectivity index (χ3n) is 8.10. The van der Waals surface area contributed by atoms with Crippen molar-refractivity contribution >= 4 is 29.0 Å². The van der Waals surface area contributed by atoms with E-state index in [0.29, 0.717) is 22.3 Å². The topological polar surface area (TPSA) is 87.1 Å². The molecule has 0 saturated carbocycles. The van der Waals surface area contributed by atoms with Crippen LogP contribution in [0.2, 0.25) is 10.0 Å². The van der Waals surface area contributed by atoms with Gasteiger partial charge in [-0.2, -0.15) is 26.3 Å². The fourth-order valence-electron chi connectivity index (χ4n) is 6.27. The van der Waals surface area contributed by atoms with Crippen LogP contribution in [-0.4, -0.2) is 38.1 Å². The number of fused-ring (bicyclic) bond motifs is 2. The molecular weight excluding hydrogens is 661 g/mol. The Bertz CT molecular complexity index is 1630. The molecule has 4 unspecified atom stereocenters. The first-order valence-corrected chi connectivity index (χ1v) is 14.8. The summed E-state index contributed by atoms with van der Waals surface area (Å²) in [6, 6.07) is 9.25. The van der Waals surface area contributed by atoms with Crippen LogP contribution in [-0.2, 0) is 4.79 Å². The standard InChI is InChI=1S/C31H22Cl2F6N4O3/c32-15-11-40-28(41-12-15)45-21-5-1-3-17-23(21)19(7-9-30(34,35)36)25(17)27(44)26-18-4-2-6-22(46-29-42-13-16(33)14-43-29)24(18)20(26)8-10-31(37,38)39/h1-6,11-14,19-20,25-26H,7-10H2. The number of hydrogen-bond donors (Lipinski definition) is 0. The van der Waals surface area contributed by atoms with E-state index in [2.05, 4.69) is 19.9 Å². The summed E-state index contributed by atoms with van der Waals surface area (Å²) in [5.41, 5.74) is 1.67. The molecule has 6 rings (SSSR count). The molecule has 46 heavy (non-hydrogen) atoms. The van der Waals surface area contributed by atoms with Crippen molar-refractivity contribution in [2.75, 3.05) is 0 Å². The largest absolute Gasteiger partial charge is 0.424 e. The van der Waals surface area contributed by atoms with Crippen LogP contribution in [0, 0.1) is 0 Å². The van der Waals surface area contributed by atoms with Crippen molar-refractivity contribution in [2.24, 2.45) is 0 Å². The van der Waals surface area contributed by atoms with Gasteiger partial charge in [0.1, 0.15) is 17.3 Å². The Morgan fingerprint density at radius 1 is 0.652 bits per heavy atom. The first kappa shape index (κ1) is 32.0. The van der Waals surface area contributed by atoms with Gasteiger partial charge in [-0.25, -0.2) is 19.9 Å². The summed E-state index contributed by atoms with van der Waals surface area (Å²) in [5.74, 6) is -3.97. The van der Waals surface area contributed by atoms with Crippen molar-refractivity contribution in [3.8, 4) is 23.5 Å². The van der Waals surface area contributed by atoms with E-state index in [9.17, 15) is 31.1 Å². The van der Waals surface area contributed by atoms with Crippen molar-refractivity contribution in [3.05, 3.63) is 93.5 Å². The number of alkyl halides is 6. The van der Waals surface area contributed by atoms with E-state index < -0.39 is 67.5 Å². The molecule has 4 aromatic rings. The maximum Gasteiger partial charge on any atom is 0.389 e. The van der Waals surface area contributed by atoms with Crippen molar-refractivity contribution in [2.45, 2.75) is 61.7 Å². The number of Topliss-reactive ketones (excluding diaryl/α,β-unsaturated/α-hetero) is 1. The minimum Gasteiger partial charge on any atom is -0.424 e. The van der Waals surface area contributed by atoms with Crippen LogP contribution in [0.4, 0.5) is 26.3 Å². The molecular formula is C31H22Cl2F6N4O3. The first-order chi connectivity index (χ1) is 21.8. The average molecular weight is 683 g/mol. The number of halogens is 8. The predicted molar refractivity (Wildman–Crippen MR) is 154 cm³/mol. The molecule has 2 heterocycles. The summed E-state index contributed by atoms with van der Waals surface area (Å²) in [7, 11) is 0. The number of ketones is 1. The number of carbonyl (C=O) groups is 1. The molecule has 2 aliphatic carbocycles. The normalized spacial score (nSPS) is 20.2. The van der Waals surface area contributed by atoms with Gasteiger partial charge in [0.05, 0.1) is 46.7 Å². The van der Waals surface area contributed by atoms with E-state index >= 15 is 0 Å². The second-order valence-electron chi connectivity index (χ2n) is 11.0. The average Bonchev–Trinajstić information content (AvgIpc) is 2.95. The van der Waals surface area contributed by atoms with Crippen LogP contribution < -0.4 is 9.47 Å². The van der Waals surface area contributed by atoms with E-state index in [-0.39, 0.29) is 33.6 Å². The predicted octanol–water partition coefficient (Wildman–Crippen LogP) is 9.47. The van der Waals surface area contributed by atoms with Crippen molar-refractivity contribution in [1.82, 2.24) is 19.9 Å². The second-order valence-corrected chi connectivity index (χ2v) is 11.8. The molecule has 0 N–H and O–H groups in total. The molecule has 4 atom stereocenters. The second kappa shape index (κ2) is 12.3. The van der Waals surface area contributed by atoms with Gasteiger partial charge in [-0.05, 0) is 36.1 Å². The zero-order valence-corrected chi connectivity index (χ0v) is 25.0. The summed E-state index contributed by atoms with van der Waals surface area (Å²) in [6.45, 7) is 0. The molecule has 15 heteroatoms. The Hall–Kier alpha value is -3.97. The smallest absolute Gasteiger partial charge is 0.389 e. The van der Waals surface area contributed by atoms with Crippen molar-refractivity contribution in [3.63, 3.8) is 0 Å². The molecule has 0 saturated heterocycles. The summed E-state index contributed by atoms with van der Waals surface area (Å²) < 4.78 is 92.2. The van der Waals surface area contributed by atoms with Crippen molar-refractivity contribution < 1.29 is 40.6 Å². The fraction of sp³-hybridized carbons (Fsp3) is 0.323. The zero-order valence-electron chi connectivity index (χ0n) is 23.4. The summed E-state index contributed by atoms with van der Waals surface area (Å²) in [5, 5.41) is 0.495. The molecule has 2 aliphatic rings. The Morgan fingerprint density at radius 2 is 1.02 bits per heavy atom. The van der Waals surface area contributed by atoms with Gasteiger partial charge in [0.15, 0.2) is 0 Å². The number of benzene rings is 2. The number of nitrogens with zero attached hydrogens (tertiary/aromatic N) is 4. The van der Waals surface area contributed by atoms with Gasteiger partial charge < -0.3 is 9.47 Å². The Balaban J connectivity index is 1.35. The van der Waals surface area contributed by atoms with Crippen LogP contribution in [0.1, 0.15) is 71.6 Å². The molecule has 2 aromatic carbocycles. The van der Waals surface area contributed by atoms with Gasteiger partial charge in [-0.3, -0.25) is 4.79 Å². The monoisotopic (exact) mass is 682 g/mol. The van der Waals surface area contributed by atoms with Gasteiger partial charge in [-0.1, -0.05) is 47.5 Å². The van der Waals surface area contributed by atoms with E-state index in [1.165, 1.54) is 36.9 Å². The lowest BCUT2D eigenvalue weighted by atomic mass is 9.56. The lowest BCUT2D eigenvalue weighted by molar-refractivity contribution is -0.140. The summed E-state index contributed by atoms with van der Waals surface area (Å²) in [4.78, 5) is 30.2. The van der Waals surface area contributed by atoms with Crippen LogP contribution >= 0.6 is 23.2 Å². The Morgan fingerprint density at radius 3 is 1.37 bits per heavy atom. The highest BCUT2D eigenvalue weighted by atomic mass is 35.5. The van der Waals surface area contributed by atoms with Gasteiger partial charge in [0, 0.05) is 35.8 Å². The van der Waals surface area contributed by atoms with Crippen LogP contribution in [0.25, 0.3) is 0 Å². The maximum atomic E-state index is 14.3. The number of aromatic nitrogens is 4. The minimum absolute atomic E-state index is 0.0977. The molecule has 0 bridgehead atoms. The van der Waals surface area contributed by atoms with Gasteiger partial charge in [0.2, 0.25) is 0 Å². The number of ether oxygens (including phenoxy) is 2. The van der Waals surface area contributed by atoms with Gasteiger partial charge in [-0.15, -0.1) is 0 Å². The van der Waals surface area contributed by atoms with E-state index in [1.807, 2.05) is 0 Å². The first-order valence-electron chi connectivity index (χ1n) is 14.0. The zero-order chi connectivity index (χ0) is 32.8. The summed E-state index contributed by atoms with van der Waals surface area (Å²) >= 11 is 11.7. The highest BCUT2D eigenvalue weighted by Gasteiger charge is 2.53. The lowest BCUT2D eigenvalue weighted by Gasteiger charge is -2.46. The van der Waals surface area contributed by atoms with Gasteiger partial charge >= 0.3 is 24.4 Å². The Labute approximate surface area is 267 Å². The number of carbonyl (C=O) groups excluding carboxylic acids is 1. The molecule has 240 valence electrons. The van der Waals surface area contributed by atoms with E-state index in [0.717, 1.165) is 0 Å². The van der Waals surface area contributed by atoms with Crippen LogP contribution in [0.15, 0.2) is 61.2 Å². The maximum absolute atomic E-state index is 14.3. The molecule has 7 nitrogen and oxygen atoms in total. The fourth-order valence-corrected chi connectivity index (χ4v) is 6.47. The number of hydrogen-bond acceptors (Lipinski definition) is 7. The van der Waals surface area contributed by atoms with E-state index in [4.69, 9.17) is 32.7 Å².